The van der Waals surface area contributed by atoms with Gasteiger partial charge >= 0.3 is 5.97 Å². The number of benzene rings is 1. The van der Waals surface area contributed by atoms with Crippen molar-refractivity contribution >= 4 is 35.4 Å². The van der Waals surface area contributed by atoms with Gasteiger partial charge in [-0.25, -0.2) is 4.39 Å². The number of carboxylic acid groups (broad SMARTS) is 1. The maximum Gasteiger partial charge on any atom is 0.309 e. The molecule has 2 bridgehead atoms. The number of carboxylic acids is 1. The van der Waals surface area contributed by atoms with Gasteiger partial charge in [0.25, 0.3) is 5.91 Å². The molecule has 1 amide bonds. The summed E-state index contributed by atoms with van der Waals surface area (Å²) < 4.78 is 13.4. The summed E-state index contributed by atoms with van der Waals surface area (Å²) in [5.74, 6) is -1.54. The Labute approximate surface area is 242 Å². The number of aliphatic carboxylic acids is 1. The van der Waals surface area contributed by atoms with E-state index in [1.54, 1.807) is 24.2 Å². The zero-order valence-electron chi connectivity index (χ0n) is 23.7. The molecule has 4 rings (SSSR count). The Morgan fingerprint density at radius 1 is 1.25 bits per heavy atom. The Kier molecular flexibility index (Phi) is 12.3. The van der Waals surface area contributed by atoms with E-state index < -0.39 is 23.1 Å². The van der Waals surface area contributed by atoms with Crippen LogP contribution in [-0.2, 0) is 16.1 Å². The molecule has 0 aromatic heterocycles. The largest absolute Gasteiger partial charge is 0.481 e. The fraction of sp³-hybridized carbons (Fsp3) is 0.533. The van der Waals surface area contributed by atoms with Crippen molar-refractivity contribution < 1.29 is 19.1 Å². The molecule has 0 saturated heterocycles. The fourth-order valence-electron chi connectivity index (χ4n) is 5.52. The average Bonchev–Trinajstić information content (AvgIpc) is 2.96. The van der Waals surface area contributed by atoms with Crippen LogP contribution in [-0.4, -0.2) is 60.2 Å². The minimum Gasteiger partial charge on any atom is -0.481 e. The number of aliphatic imine (C=N–C) groups is 1. The maximum atomic E-state index is 13.4. The number of amides is 1. The standard InChI is InChI=1S/C28H39ClFN5O3.C2H2/c1-5-32-20(3)24(19(2)25(36)33-17-21-6-7-23(30)22(29)16-21)34-35(4)18-31-15-14-27-8-11-28(12-9-27,13-10-27)26(37)38;1-2/h5-7,16,20,31H,2,8-15,17-18H2,1,3-4H3,(H,33,36)(H,37,38);1-2H/b32-5?,34-24-;. The van der Waals surface area contributed by atoms with Gasteiger partial charge in [-0.2, -0.15) is 5.10 Å². The predicted molar refractivity (Wildman–Crippen MR) is 159 cm³/mol. The first-order chi connectivity index (χ1) is 19.0. The van der Waals surface area contributed by atoms with Crippen LogP contribution < -0.4 is 10.6 Å². The Bertz CT molecular complexity index is 1120. The number of rotatable bonds is 13. The third-order valence-corrected chi connectivity index (χ3v) is 8.38. The van der Waals surface area contributed by atoms with Gasteiger partial charge in [0.05, 0.1) is 34.4 Å². The lowest BCUT2D eigenvalue weighted by Crippen LogP contribution is -2.46. The summed E-state index contributed by atoms with van der Waals surface area (Å²) in [6.07, 6.45) is 15.9. The highest BCUT2D eigenvalue weighted by Gasteiger charge is 2.52. The van der Waals surface area contributed by atoms with Crippen LogP contribution >= 0.6 is 11.6 Å². The Balaban J connectivity index is 0.00000274. The number of nitrogens with one attached hydrogen (secondary N) is 2. The van der Waals surface area contributed by atoms with E-state index in [4.69, 9.17) is 11.6 Å². The van der Waals surface area contributed by atoms with E-state index in [0.717, 1.165) is 51.5 Å². The summed E-state index contributed by atoms with van der Waals surface area (Å²) in [6.45, 7) is 9.07. The number of hydrogen-bond donors (Lipinski definition) is 3. The monoisotopic (exact) mass is 573 g/mol. The van der Waals surface area contributed by atoms with Gasteiger partial charge in [-0.1, -0.05) is 24.2 Å². The first-order valence-electron chi connectivity index (χ1n) is 13.5. The number of carbonyl (C=O) groups is 2. The van der Waals surface area contributed by atoms with Crippen molar-refractivity contribution in [2.45, 2.75) is 71.4 Å². The number of carbonyl (C=O) groups excluding carboxylic acids is 1. The van der Waals surface area contributed by atoms with Crippen LogP contribution in [0.1, 0.15) is 64.4 Å². The van der Waals surface area contributed by atoms with Crippen LogP contribution in [0.4, 0.5) is 4.39 Å². The third kappa shape index (κ3) is 8.39. The van der Waals surface area contributed by atoms with Crippen molar-refractivity contribution in [2.75, 3.05) is 20.3 Å². The number of terminal acetylenes is 1. The van der Waals surface area contributed by atoms with Crippen LogP contribution in [0.15, 0.2) is 40.4 Å². The van der Waals surface area contributed by atoms with Crippen molar-refractivity contribution in [1.82, 2.24) is 15.6 Å². The van der Waals surface area contributed by atoms with Gasteiger partial charge in [0.15, 0.2) is 0 Å². The molecule has 3 fully saturated rings. The topological polar surface area (TPSA) is 106 Å². The molecule has 3 aliphatic rings. The smallest absolute Gasteiger partial charge is 0.309 e. The lowest BCUT2D eigenvalue weighted by Gasteiger charge is -2.51. The molecule has 0 spiro atoms. The second-order valence-corrected chi connectivity index (χ2v) is 11.0. The van der Waals surface area contributed by atoms with Crippen LogP contribution in [0.5, 0.6) is 0 Å². The SMILES string of the molecule is C#C.C=C(C(=O)NCc1ccc(F)c(Cl)c1)/C(=N/N(C)CNCCC12CCC(C(=O)O)(CC1)CC2)C(C)N=CC. The summed E-state index contributed by atoms with van der Waals surface area (Å²) >= 11 is 5.83. The van der Waals surface area contributed by atoms with Gasteiger partial charge in [-0.05, 0) is 94.7 Å². The van der Waals surface area contributed by atoms with E-state index in [0.29, 0.717) is 17.9 Å². The first kappa shape index (κ1) is 33.0. The Morgan fingerprint density at radius 2 is 1.88 bits per heavy atom. The summed E-state index contributed by atoms with van der Waals surface area (Å²) in [4.78, 5) is 28.9. The number of fused-ring (bicyclic) bond motifs is 3. The van der Waals surface area contributed by atoms with Crippen LogP contribution in [0.3, 0.4) is 0 Å². The quantitative estimate of drug-likeness (QED) is 0.0766. The van der Waals surface area contributed by atoms with E-state index >= 15 is 0 Å². The molecule has 3 aliphatic carbocycles. The highest BCUT2D eigenvalue weighted by atomic mass is 35.5. The van der Waals surface area contributed by atoms with Gasteiger partial charge < -0.3 is 10.4 Å². The summed E-state index contributed by atoms with van der Waals surface area (Å²) in [6, 6.07) is 3.92. The second kappa shape index (κ2) is 15.0. The Hall–Kier alpha value is -3.22. The molecule has 0 radical (unpaired) electrons. The molecular weight excluding hydrogens is 533 g/mol. The van der Waals surface area contributed by atoms with Gasteiger partial charge in [0, 0.05) is 13.6 Å². The van der Waals surface area contributed by atoms with E-state index in [2.05, 4.69) is 40.2 Å². The molecule has 3 N–H and O–H groups in total. The molecule has 10 heteroatoms. The molecule has 0 aliphatic heterocycles. The maximum absolute atomic E-state index is 13.4. The molecule has 0 heterocycles. The minimum atomic E-state index is -0.629. The highest BCUT2D eigenvalue weighted by Crippen LogP contribution is 2.58. The predicted octanol–water partition coefficient (Wildman–Crippen LogP) is 5.03. The lowest BCUT2D eigenvalue weighted by molar-refractivity contribution is -0.159. The molecule has 1 aromatic rings. The zero-order valence-corrected chi connectivity index (χ0v) is 24.4. The summed E-state index contributed by atoms with van der Waals surface area (Å²) in [7, 11) is 1.82. The van der Waals surface area contributed by atoms with Crippen molar-refractivity contribution in [3.8, 4) is 12.8 Å². The number of nitrogens with zero attached hydrogens (tertiary/aromatic N) is 3. The third-order valence-electron chi connectivity index (χ3n) is 8.10. The van der Waals surface area contributed by atoms with E-state index in [1.165, 1.54) is 12.1 Å². The van der Waals surface area contributed by atoms with Crippen LogP contribution in [0, 0.1) is 29.5 Å². The Morgan fingerprint density at radius 3 is 2.42 bits per heavy atom. The van der Waals surface area contributed by atoms with E-state index in [1.807, 2.05) is 14.0 Å². The molecular formula is C30H41ClFN5O3. The van der Waals surface area contributed by atoms with Gasteiger partial charge in [0.1, 0.15) is 5.82 Å². The molecule has 8 nitrogen and oxygen atoms in total. The molecule has 218 valence electrons. The number of hydrogen-bond acceptors (Lipinski definition) is 6. The van der Waals surface area contributed by atoms with E-state index in [9.17, 15) is 19.1 Å². The van der Waals surface area contributed by atoms with Crippen molar-refractivity contribution in [1.29, 1.82) is 0 Å². The number of hydrazone groups is 1. The van der Waals surface area contributed by atoms with Crippen LogP contribution in [0.2, 0.25) is 5.02 Å². The highest BCUT2D eigenvalue weighted by molar-refractivity contribution is 6.30. The van der Waals surface area contributed by atoms with Gasteiger partial charge in [0.2, 0.25) is 0 Å². The summed E-state index contributed by atoms with van der Waals surface area (Å²) in [5.41, 5.74) is 1.07. The second-order valence-electron chi connectivity index (χ2n) is 10.6. The van der Waals surface area contributed by atoms with Crippen molar-refractivity contribution in [3.63, 3.8) is 0 Å². The zero-order chi connectivity index (χ0) is 29.9. The molecule has 1 atom stereocenters. The molecule has 1 unspecified atom stereocenters. The lowest BCUT2D eigenvalue weighted by atomic mass is 9.53. The van der Waals surface area contributed by atoms with Crippen LogP contribution in [0.25, 0.3) is 0 Å². The average molecular weight is 574 g/mol. The molecule has 40 heavy (non-hydrogen) atoms. The minimum absolute atomic E-state index is 0.00203. The van der Waals surface area contributed by atoms with Crippen molar-refractivity contribution in [3.05, 3.63) is 46.8 Å². The summed E-state index contributed by atoms with van der Waals surface area (Å²) in [5, 5.41) is 22.2. The normalized spacial score (nSPS) is 22.7. The molecule has 3 saturated carbocycles. The van der Waals surface area contributed by atoms with E-state index in [-0.39, 0.29) is 28.6 Å². The number of halogens is 2. The van der Waals surface area contributed by atoms with Crippen molar-refractivity contribution in [2.24, 2.45) is 20.9 Å². The van der Waals surface area contributed by atoms with Gasteiger partial charge in [-0.3, -0.25) is 24.9 Å². The molecule has 1 aromatic carbocycles. The first-order valence-corrected chi connectivity index (χ1v) is 13.8. The van der Waals surface area contributed by atoms with Gasteiger partial charge in [-0.15, -0.1) is 12.8 Å². The fourth-order valence-corrected chi connectivity index (χ4v) is 5.72.